The van der Waals surface area contributed by atoms with Crippen molar-refractivity contribution in [2.24, 2.45) is 5.92 Å². The molecule has 2 aliphatic rings. The van der Waals surface area contributed by atoms with Crippen molar-refractivity contribution < 1.29 is 9.47 Å². The molecule has 0 bridgehead atoms. The van der Waals surface area contributed by atoms with E-state index in [-0.39, 0.29) is 5.60 Å². The molecule has 0 radical (unpaired) electrons. The summed E-state index contributed by atoms with van der Waals surface area (Å²) in [5.41, 5.74) is 2.26. The molecule has 0 N–H and O–H groups in total. The predicted octanol–water partition coefficient (Wildman–Crippen LogP) is 2.41. The van der Waals surface area contributed by atoms with E-state index in [1.807, 2.05) is 0 Å². The highest BCUT2D eigenvalue weighted by atomic mass is 16.5. The van der Waals surface area contributed by atoms with Gasteiger partial charge in [0.05, 0.1) is 24.5 Å². The molecule has 0 aromatic carbocycles. The van der Waals surface area contributed by atoms with Crippen molar-refractivity contribution in [2.45, 2.75) is 38.3 Å². The van der Waals surface area contributed by atoms with Crippen LogP contribution in [0.2, 0.25) is 0 Å². The Bertz CT molecular complexity index is 480. The molecule has 1 aliphatic carbocycles. The molecule has 2 heterocycles. The summed E-state index contributed by atoms with van der Waals surface area (Å²) in [4.78, 5) is 7.13. The molecule has 1 saturated heterocycles. The fraction of sp³-hybridized carbons (Fsp3) is 0.706. The lowest BCUT2D eigenvalue weighted by Crippen LogP contribution is -2.54. The summed E-state index contributed by atoms with van der Waals surface area (Å²) >= 11 is 0. The number of hydrogen-bond acceptors (Lipinski definition) is 4. The van der Waals surface area contributed by atoms with Gasteiger partial charge < -0.3 is 9.47 Å². The molecule has 1 aliphatic heterocycles. The van der Waals surface area contributed by atoms with Gasteiger partial charge in [-0.3, -0.25) is 9.88 Å². The number of aryl methyl sites for hydroxylation is 1. The molecule has 1 saturated carbocycles. The summed E-state index contributed by atoms with van der Waals surface area (Å²) in [6, 6.07) is 6.27. The first-order valence-electron chi connectivity index (χ1n) is 8.00. The second-order valence-corrected chi connectivity index (χ2v) is 6.44. The molecule has 0 amide bonds. The predicted molar refractivity (Wildman–Crippen MR) is 82.2 cm³/mol. The van der Waals surface area contributed by atoms with Crippen LogP contribution in [-0.4, -0.2) is 48.9 Å². The zero-order valence-corrected chi connectivity index (χ0v) is 13.2. The summed E-state index contributed by atoms with van der Waals surface area (Å²) in [7, 11) is 1.79. The van der Waals surface area contributed by atoms with Crippen LogP contribution in [-0.2, 0) is 16.0 Å². The zero-order valence-electron chi connectivity index (χ0n) is 13.2. The first-order valence-corrected chi connectivity index (χ1v) is 8.00. The average molecular weight is 290 g/mol. The van der Waals surface area contributed by atoms with Crippen LogP contribution in [0.3, 0.4) is 0 Å². The lowest BCUT2D eigenvalue weighted by molar-refractivity contribution is -0.141. The largest absolute Gasteiger partial charge is 0.384 e. The van der Waals surface area contributed by atoms with E-state index in [4.69, 9.17) is 9.47 Å². The third kappa shape index (κ3) is 3.28. The molecule has 4 heteroatoms. The second kappa shape index (κ2) is 6.42. The Morgan fingerprint density at radius 1 is 1.48 bits per heavy atom. The Balaban J connectivity index is 1.68. The molecule has 116 valence electrons. The van der Waals surface area contributed by atoms with Gasteiger partial charge in [-0.2, -0.15) is 0 Å². The highest BCUT2D eigenvalue weighted by Gasteiger charge is 2.46. The van der Waals surface area contributed by atoms with Gasteiger partial charge in [0.1, 0.15) is 0 Å². The van der Waals surface area contributed by atoms with Crippen molar-refractivity contribution in [3.05, 3.63) is 29.6 Å². The van der Waals surface area contributed by atoms with Crippen molar-refractivity contribution in [1.29, 1.82) is 0 Å². The van der Waals surface area contributed by atoms with Crippen LogP contribution in [0, 0.1) is 12.8 Å². The first kappa shape index (κ1) is 14.9. The topological polar surface area (TPSA) is 34.6 Å². The summed E-state index contributed by atoms with van der Waals surface area (Å²) in [5.74, 6) is 0.538. The fourth-order valence-corrected chi connectivity index (χ4v) is 3.88. The van der Waals surface area contributed by atoms with Crippen LogP contribution in [0.1, 0.15) is 30.7 Å². The van der Waals surface area contributed by atoms with Crippen LogP contribution in [0.25, 0.3) is 0 Å². The highest BCUT2D eigenvalue weighted by Crippen LogP contribution is 2.41. The fourth-order valence-electron chi connectivity index (χ4n) is 3.88. The van der Waals surface area contributed by atoms with E-state index in [0.717, 1.165) is 44.2 Å². The summed E-state index contributed by atoms with van der Waals surface area (Å²) in [6.45, 7) is 6.62. The Kier molecular flexibility index (Phi) is 4.57. The minimum Gasteiger partial charge on any atom is -0.384 e. The molecule has 3 rings (SSSR count). The molecular formula is C17H26N2O2. The minimum absolute atomic E-state index is 0.0120. The smallest absolute Gasteiger partial charge is 0.0859 e. The van der Waals surface area contributed by atoms with Crippen LogP contribution < -0.4 is 0 Å². The van der Waals surface area contributed by atoms with Gasteiger partial charge in [-0.1, -0.05) is 12.5 Å². The standard InChI is InChI=1S/C17H26N2O2/c1-14-5-3-7-16(18-14)11-19-9-10-21-17(13-19)8-4-6-15(17)12-20-2/h3,5,7,15H,4,6,8-13H2,1-2H3/t15-,17-/m1/s1. The maximum absolute atomic E-state index is 6.24. The second-order valence-electron chi connectivity index (χ2n) is 6.44. The van der Waals surface area contributed by atoms with E-state index < -0.39 is 0 Å². The van der Waals surface area contributed by atoms with Crippen LogP contribution >= 0.6 is 0 Å². The van der Waals surface area contributed by atoms with Crippen LogP contribution in [0.5, 0.6) is 0 Å². The maximum atomic E-state index is 6.24. The molecule has 1 aromatic rings. The van der Waals surface area contributed by atoms with Crippen LogP contribution in [0.15, 0.2) is 18.2 Å². The normalized spacial score (nSPS) is 30.1. The molecule has 2 atom stereocenters. The monoisotopic (exact) mass is 290 g/mol. The lowest BCUT2D eigenvalue weighted by atomic mass is 9.89. The van der Waals surface area contributed by atoms with Gasteiger partial charge in [0.25, 0.3) is 0 Å². The number of pyridine rings is 1. The average Bonchev–Trinajstić information content (AvgIpc) is 2.82. The third-order valence-electron chi connectivity index (χ3n) is 4.88. The molecule has 2 fully saturated rings. The van der Waals surface area contributed by atoms with E-state index in [2.05, 4.69) is 35.0 Å². The SMILES string of the molecule is COC[C@H]1CCC[C@@]12CN(Cc1cccc(C)n1)CCO2. The van der Waals surface area contributed by atoms with Gasteiger partial charge in [-0.25, -0.2) is 0 Å². The molecule has 1 aromatic heterocycles. The number of aromatic nitrogens is 1. The Morgan fingerprint density at radius 2 is 2.38 bits per heavy atom. The third-order valence-corrected chi connectivity index (χ3v) is 4.88. The molecule has 4 nitrogen and oxygen atoms in total. The minimum atomic E-state index is 0.0120. The van der Waals surface area contributed by atoms with Gasteiger partial charge in [-0.05, 0) is 31.9 Å². The maximum Gasteiger partial charge on any atom is 0.0859 e. The van der Waals surface area contributed by atoms with E-state index >= 15 is 0 Å². The van der Waals surface area contributed by atoms with Crippen LogP contribution in [0.4, 0.5) is 0 Å². The Hall–Kier alpha value is -0.970. The quantitative estimate of drug-likeness (QED) is 0.853. The van der Waals surface area contributed by atoms with E-state index in [1.54, 1.807) is 7.11 Å². The van der Waals surface area contributed by atoms with Crippen molar-refractivity contribution in [2.75, 3.05) is 33.4 Å². The number of ether oxygens (including phenoxy) is 2. The highest BCUT2D eigenvalue weighted by molar-refractivity contribution is 5.10. The molecule has 1 spiro atoms. The zero-order chi connectivity index (χ0) is 14.7. The van der Waals surface area contributed by atoms with Gasteiger partial charge in [0.2, 0.25) is 0 Å². The summed E-state index contributed by atoms with van der Waals surface area (Å²) < 4.78 is 11.7. The number of nitrogens with zero attached hydrogens (tertiary/aromatic N) is 2. The number of rotatable bonds is 4. The van der Waals surface area contributed by atoms with Crippen molar-refractivity contribution >= 4 is 0 Å². The van der Waals surface area contributed by atoms with Crippen molar-refractivity contribution in [3.63, 3.8) is 0 Å². The molecule has 0 unspecified atom stereocenters. The Labute approximate surface area is 127 Å². The van der Waals surface area contributed by atoms with Crippen molar-refractivity contribution in [1.82, 2.24) is 9.88 Å². The van der Waals surface area contributed by atoms with E-state index in [1.165, 1.54) is 19.3 Å². The number of hydrogen-bond donors (Lipinski definition) is 0. The molecular weight excluding hydrogens is 264 g/mol. The number of morpholine rings is 1. The van der Waals surface area contributed by atoms with Gasteiger partial charge >= 0.3 is 0 Å². The van der Waals surface area contributed by atoms with E-state index in [0.29, 0.717) is 5.92 Å². The van der Waals surface area contributed by atoms with Crippen molar-refractivity contribution in [3.8, 4) is 0 Å². The summed E-state index contributed by atoms with van der Waals surface area (Å²) in [6.07, 6.45) is 3.65. The van der Waals surface area contributed by atoms with Gasteiger partial charge in [-0.15, -0.1) is 0 Å². The molecule has 21 heavy (non-hydrogen) atoms. The van der Waals surface area contributed by atoms with Gasteiger partial charge in [0, 0.05) is 38.4 Å². The lowest BCUT2D eigenvalue weighted by Gasteiger charge is -2.44. The van der Waals surface area contributed by atoms with Gasteiger partial charge in [0.15, 0.2) is 0 Å². The van der Waals surface area contributed by atoms with E-state index in [9.17, 15) is 0 Å². The Morgan fingerprint density at radius 3 is 3.19 bits per heavy atom. The number of methoxy groups -OCH3 is 1. The first-order chi connectivity index (χ1) is 10.2. The summed E-state index contributed by atoms with van der Waals surface area (Å²) in [5, 5.41) is 0.